The van der Waals surface area contributed by atoms with Crippen molar-refractivity contribution in [2.24, 2.45) is 5.92 Å². The standard InChI is InChI=1S/C24H32F6N4O3/c1-16-4-5-18(19(14-16)33-8-6-17(7-9-33)20(35)31(2)3)15-32-10-12-34(13-11-32)22(36)37-21(23(25,26)27)24(28,29)30/h4-5,14,17,21H,6-13,15H2,1-3H3. The summed E-state index contributed by atoms with van der Waals surface area (Å²) in [6, 6.07) is 6.05. The van der Waals surface area contributed by atoms with Gasteiger partial charge in [-0.15, -0.1) is 0 Å². The number of alkyl halides is 6. The summed E-state index contributed by atoms with van der Waals surface area (Å²) in [4.78, 5) is 31.0. The molecule has 13 heteroatoms. The number of rotatable bonds is 5. The van der Waals surface area contributed by atoms with Gasteiger partial charge in [-0.05, 0) is 37.0 Å². The van der Waals surface area contributed by atoms with Crippen LogP contribution in [0.3, 0.4) is 0 Å². The molecule has 208 valence electrons. The van der Waals surface area contributed by atoms with Crippen LogP contribution in [0.15, 0.2) is 18.2 Å². The lowest BCUT2D eigenvalue weighted by Gasteiger charge is -2.37. The molecule has 2 amide bonds. The van der Waals surface area contributed by atoms with Crippen molar-refractivity contribution < 1.29 is 40.7 Å². The molecular formula is C24H32F6N4O3. The molecule has 1 aromatic rings. The second-order valence-electron chi connectivity index (χ2n) is 9.74. The SMILES string of the molecule is Cc1ccc(CN2CCN(C(=O)OC(C(F)(F)F)C(F)(F)F)CC2)c(N2CCC(C(=O)N(C)C)CC2)c1. The molecule has 0 bridgehead atoms. The number of amides is 2. The van der Waals surface area contributed by atoms with Crippen LogP contribution >= 0.6 is 0 Å². The summed E-state index contributed by atoms with van der Waals surface area (Å²) in [6.45, 7) is 4.35. The van der Waals surface area contributed by atoms with Gasteiger partial charge < -0.3 is 19.4 Å². The molecule has 0 spiro atoms. The Kier molecular flexibility index (Phi) is 8.86. The van der Waals surface area contributed by atoms with E-state index in [2.05, 4.69) is 15.7 Å². The zero-order valence-corrected chi connectivity index (χ0v) is 21.0. The van der Waals surface area contributed by atoms with E-state index < -0.39 is 24.5 Å². The van der Waals surface area contributed by atoms with E-state index in [9.17, 15) is 35.9 Å². The maximum Gasteiger partial charge on any atom is 0.434 e. The number of halogens is 6. The molecule has 0 aromatic heterocycles. The number of piperidine rings is 1. The summed E-state index contributed by atoms with van der Waals surface area (Å²) in [5.74, 6) is 0.110. The molecule has 1 aromatic carbocycles. The molecule has 2 saturated heterocycles. The van der Waals surface area contributed by atoms with Gasteiger partial charge in [0.05, 0.1) is 0 Å². The van der Waals surface area contributed by atoms with Gasteiger partial charge in [0.25, 0.3) is 6.10 Å². The number of ether oxygens (including phenoxy) is 1. The normalized spacial score (nSPS) is 18.3. The van der Waals surface area contributed by atoms with Crippen molar-refractivity contribution in [1.29, 1.82) is 0 Å². The number of hydrogen-bond donors (Lipinski definition) is 0. The fourth-order valence-electron chi connectivity index (χ4n) is 4.66. The monoisotopic (exact) mass is 538 g/mol. The Morgan fingerprint density at radius 1 is 0.973 bits per heavy atom. The summed E-state index contributed by atoms with van der Waals surface area (Å²) in [7, 11) is 3.50. The Labute approximate surface area is 211 Å². The Morgan fingerprint density at radius 3 is 2.05 bits per heavy atom. The van der Waals surface area contributed by atoms with Crippen LogP contribution in [0.25, 0.3) is 0 Å². The molecule has 2 heterocycles. The molecule has 0 unspecified atom stereocenters. The third-order valence-electron chi connectivity index (χ3n) is 6.70. The van der Waals surface area contributed by atoms with Gasteiger partial charge in [0.1, 0.15) is 0 Å². The second kappa shape index (κ2) is 11.4. The van der Waals surface area contributed by atoms with E-state index in [0.717, 1.165) is 47.6 Å². The highest BCUT2D eigenvalue weighted by Gasteiger charge is 2.60. The summed E-state index contributed by atoms with van der Waals surface area (Å²) >= 11 is 0. The number of carbonyl (C=O) groups is 2. The lowest BCUT2D eigenvalue weighted by Crippen LogP contribution is -2.52. The van der Waals surface area contributed by atoms with Gasteiger partial charge in [0, 0.05) is 71.5 Å². The predicted molar refractivity (Wildman–Crippen MR) is 124 cm³/mol. The van der Waals surface area contributed by atoms with E-state index in [-0.39, 0.29) is 38.0 Å². The average molecular weight is 539 g/mol. The van der Waals surface area contributed by atoms with E-state index >= 15 is 0 Å². The first kappa shape index (κ1) is 28.9. The largest absolute Gasteiger partial charge is 0.434 e. The summed E-state index contributed by atoms with van der Waals surface area (Å²) < 4.78 is 80.1. The van der Waals surface area contributed by atoms with E-state index in [0.29, 0.717) is 6.54 Å². The molecule has 0 N–H and O–H groups in total. The van der Waals surface area contributed by atoms with Crippen molar-refractivity contribution in [2.45, 2.75) is 44.8 Å². The topological polar surface area (TPSA) is 56.3 Å². The number of nitrogens with zero attached hydrogens (tertiary/aromatic N) is 4. The van der Waals surface area contributed by atoms with Crippen LogP contribution < -0.4 is 4.90 Å². The van der Waals surface area contributed by atoms with Gasteiger partial charge in [-0.2, -0.15) is 26.3 Å². The van der Waals surface area contributed by atoms with E-state index in [1.165, 1.54) is 0 Å². The number of aryl methyl sites for hydroxylation is 1. The molecule has 0 atom stereocenters. The van der Waals surface area contributed by atoms with Crippen LogP contribution in [0.5, 0.6) is 0 Å². The van der Waals surface area contributed by atoms with Crippen molar-refractivity contribution >= 4 is 17.7 Å². The van der Waals surface area contributed by atoms with Crippen molar-refractivity contribution in [3.63, 3.8) is 0 Å². The predicted octanol–water partition coefficient (Wildman–Crippen LogP) is 4.05. The zero-order chi connectivity index (χ0) is 27.5. The van der Waals surface area contributed by atoms with E-state index in [1.54, 1.807) is 19.0 Å². The lowest BCUT2D eigenvalue weighted by molar-refractivity contribution is -0.308. The van der Waals surface area contributed by atoms with Crippen molar-refractivity contribution in [3.8, 4) is 0 Å². The second-order valence-corrected chi connectivity index (χ2v) is 9.74. The number of hydrogen-bond acceptors (Lipinski definition) is 5. The molecule has 0 saturated carbocycles. The van der Waals surface area contributed by atoms with Crippen LogP contribution in [-0.4, -0.2) is 98.5 Å². The summed E-state index contributed by atoms with van der Waals surface area (Å²) in [6.07, 6.45) is -15.8. The fraction of sp³-hybridized carbons (Fsp3) is 0.667. The van der Waals surface area contributed by atoms with Crippen molar-refractivity contribution in [1.82, 2.24) is 14.7 Å². The van der Waals surface area contributed by atoms with E-state index in [4.69, 9.17) is 0 Å². The number of piperazine rings is 1. The Balaban J connectivity index is 1.59. The number of benzene rings is 1. The van der Waals surface area contributed by atoms with Crippen LogP contribution in [0.4, 0.5) is 36.8 Å². The molecule has 7 nitrogen and oxygen atoms in total. The minimum Gasteiger partial charge on any atom is -0.426 e. The first-order valence-electron chi connectivity index (χ1n) is 12.0. The number of carbonyl (C=O) groups excluding carboxylic acids is 2. The molecular weight excluding hydrogens is 506 g/mol. The Hall–Kier alpha value is -2.70. The maximum absolute atomic E-state index is 12.7. The van der Waals surface area contributed by atoms with Crippen LogP contribution in [0.1, 0.15) is 24.0 Å². The first-order valence-corrected chi connectivity index (χ1v) is 12.0. The van der Waals surface area contributed by atoms with Crippen LogP contribution in [0, 0.1) is 12.8 Å². The molecule has 37 heavy (non-hydrogen) atoms. The molecule has 0 radical (unpaired) electrons. The Morgan fingerprint density at radius 2 is 1.54 bits per heavy atom. The minimum atomic E-state index is -5.74. The van der Waals surface area contributed by atoms with Crippen molar-refractivity contribution in [3.05, 3.63) is 29.3 Å². The highest BCUT2D eigenvalue weighted by molar-refractivity contribution is 5.78. The van der Waals surface area contributed by atoms with Crippen LogP contribution in [-0.2, 0) is 16.1 Å². The number of anilines is 1. The van der Waals surface area contributed by atoms with Gasteiger partial charge in [-0.3, -0.25) is 9.69 Å². The highest BCUT2D eigenvalue weighted by atomic mass is 19.4. The van der Waals surface area contributed by atoms with Crippen LogP contribution in [0.2, 0.25) is 0 Å². The third-order valence-corrected chi connectivity index (χ3v) is 6.70. The molecule has 0 aliphatic carbocycles. The van der Waals surface area contributed by atoms with E-state index in [1.807, 2.05) is 24.0 Å². The summed E-state index contributed by atoms with van der Waals surface area (Å²) in [5.41, 5.74) is 3.13. The minimum absolute atomic E-state index is 0.0124. The molecule has 3 rings (SSSR count). The zero-order valence-electron chi connectivity index (χ0n) is 21.0. The lowest BCUT2D eigenvalue weighted by atomic mass is 9.94. The van der Waals surface area contributed by atoms with Gasteiger partial charge in [-0.1, -0.05) is 12.1 Å². The quantitative estimate of drug-likeness (QED) is 0.530. The molecule has 2 fully saturated rings. The first-order chi connectivity index (χ1) is 17.2. The summed E-state index contributed by atoms with van der Waals surface area (Å²) in [5, 5.41) is 0. The highest BCUT2D eigenvalue weighted by Crippen LogP contribution is 2.36. The maximum atomic E-state index is 12.7. The fourth-order valence-corrected chi connectivity index (χ4v) is 4.66. The van der Waals surface area contributed by atoms with Crippen molar-refractivity contribution in [2.75, 3.05) is 58.3 Å². The van der Waals surface area contributed by atoms with Gasteiger partial charge >= 0.3 is 18.4 Å². The Bertz CT molecular complexity index is 939. The average Bonchev–Trinajstić information content (AvgIpc) is 2.82. The smallest absolute Gasteiger partial charge is 0.426 e. The van der Waals surface area contributed by atoms with Gasteiger partial charge in [0.2, 0.25) is 5.91 Å². The van der Waals surface area contributed by atoms with Gasteiger partial charge in [-0.25, -0.2) is 4.79 Å². The van der Waals surface area contributed by atoms with Gasteiger partial charge in [0.15, 0.2) is 0 Å². The molecule has 2 aliphatic rings. The molecule has 2 aliphatic heterocycles. The third kappa shape index (κ3) is 7.42.